The molecule has 0 aliphatic rings. The smallest absolute Gasteiger partial charge is 0.326 e. The van der Waals surface area contributed by atoms with Crippen molar-refractivity contribution in [2.45, 2.75) is 24.9 Å². The van der Waals surface area contributed by atoms with Crippen molar-refractivity contribution in [3.8, 4) is 0 Å². The summed E-state index contributed by atoms with van der Waals surface area (Å²) in [6.45, 7) is 3.48. The van der Waals surface area contributed by atoms with Crippen LogP contribution in [0.2, 0.25) is 0 Å². The summed E-state index contributed by atoms with van der Waals surface area (Å²) in [6, 6.07) is 9.12. The van der Waals surface area contributed by atoms with Crippen molar-refractivity contribution in [1.29, 1.82) is 0 Å². The minimum Gasteiger partial charge on any atom is -0.326 e. The first-order chi connectivity index (χ1) is 12.0. The van der Waals surface area contributed by atoms with Crippen LogP contribution in [0.1, 0.15) is 19.4 Å². The van der Waals surface area contributed by atoms with Crippen LogP contribution in [-0.2, 0) is 21.0 Å². The Balaban J connectivity index is 2.13. The first-order valence-corrected chi connectivity index (χ1v) is 9.08. The molecular weight excluding hydrogens is 369 g/mol. The molecule has 2 N–H and O–H groups in total. The van der Waals surface area contributed by atoms with E-state index in [-0.39, 0.29) is 22.4 Å². The third-order valence-corrected chi connectivity index (χ3v) is 4.82. The maximum Gasteiger partial charge on any atom is 0.416 e. The molecule has 0 aromatic heterocycles. The average molecular weight is 386 g/mol. The van der Waals surface area contributed by atoms with E-state index in [1.54, 1.807) is 13.8 Å². The van der Waals surface area contributed by atoms with E-state index in [4.69, 9.17) is 0 Å². The molecule has 0 aliphatic heterocycles. The highest BCUT2D eigenvalue weighted by Gasteiger charge is 2.30. The van der Waals surface area contributed by atoms with E-state index in [9.17, 15) is 26.4 Å². The zero-order valence-electron chi connectivity index (χ0n) is 14.0. The van der Waals surface area contributed by atoms with Gasteiger partial charge >= 0.3 is 6.18 Å². The minimum atomic E-state index is -4.54. The predicted molar refractivity (Wildman–Crippen MR) is 92.2 cm³/mol. The lowest BCUT2D eigenvalue weighted by Crippen LogP contribution is -2.17. The molecular formula is C17H17F3N2O3S. The van der Waals surface area contributed by atoms with Crippen molar-refractivity contribution < 1.29 is 26.4 Å². The molecule has 0 spiro atoms. The first kappa shape index (κ1) is 19.8. The van der Waals surface area contributed by atoms with Crippen molar-refractivity contribution in [2.75, 3.05) is 10.0 Å². The Labute approximate surface area is 149 Å². The first-order valence-electron chi connectivity index (χ1n) is 7.60. The predicted octanol–water partition coefficient (Wildman–Crippen LogP) is 4.10. The van der Waals surface area contributed by atoms with E-state index in [1.807, 2.05) is 0 Å². The van der Waals surface area contributed by atoms with Crippen molar-refractivity contribution in [3.63, 3.8) is 0 Å². The van der Waals surface area contributed by atoms with Crippen LogP contribution in [0.25, 0.3) is 0 Å². The fourth-order valence-electron chi connectivity index (χ4n) is 1.95. The molecule has 0 heterocycles. The highest BCUT2D eigenvalue weighted by molar-refractivity contribution is 7.92. The number of halogens is 3. The molecule has 0 saturated carbocycles. The monoisotopic (exact) mass is 386 g/mol. The Morgan fingerprint density at radius 3 is 1.88 bits per heavy atom. The molecule has 0 radical (unpaired) electrons. The third kappa shape index (κ3) is 4.98. The zero-order chi connectivity index (χ0) is 19.5. The van der Waals surface area contributed by atoms with E-state index in [1.165, 1.54) is 24.3 Å². The maximum atomic E-state index is 12.5. The van der Waals surface area contributed by atoms with E-state index < -0.39 is 21.8 Å². The standard InChI is InChI=1S/C17H17F3N2O3S/c1-11(2)16(23)21-13-5-7-14(8-6-13)22-26(24,25)15-9-3-12(4-10-15)17(18,19)20/h3-11,22H,1-2H3,(H,21,23). The summed E-state index contributed by atoms with van der Waals surface area (Å²) < 4.78 is 64.4. The quantitative estimate of drug-likeness (QED) is 0.812. The molecule has 26 heavy (non-hydrogen) atoms. The van der Waals surface area contributed by atoms with Crippen LogP contribution in [0.15, 0.2) is 53.4 Å². The van der Waals surface area contributed by atoms with Crippen LogP contribution >= 0.6 is 0 Å². The van der Waals surface area contributed by atoms with Gasteiger partial charge in [-0.2, -0.15) is 13.2 Å². The van der Waals surface area contributed by atoms with Crippen LogP contribution < -0.4 is 10.0 Å². The third-order valence-electron chi connectivity index (χ3n) is 3.42. The molecule has 1 amide bonds. The van der Waals surface area contributed by atoms with E-state index in [0.29, 0.717) is 17.8 Å². The summed E-state index contributed by atoms with van der Waals surface area (Å²) >= 11 is 0. The number of benzene rings is 2. The lowest BCUT2D eigenvalue weighted by Gasteiger charge is -2.11. The molecule has 2 rings (SSSR count). The molecule has 140 valence electrons. The highest BCUT2D eigenvalue weighted by atomic mass is 32.2. The van der Waals surface area contributed by atoms with Gasteiger partial charge in [0.25, 0.3) is 10.0 Å². The molecule has 2 aromatic carbocycles. The zero-order valence-corrected chi connectivity index (χ0v) is 14.8. The van der Waals surface area contributed by atoms with Gasteiger partial charge in [-0.15, -0.1) is 0 Å². The van der Waals surface area contributed by atoms with Crippen molar-refractivity contribution in [3.05, 3.63) is 54.1 Å². The largest absolute Gasteiger partial charge is 0.416 e. The van der Waals surface area contributed by atoms with Gasteiger partial charge in [-0.05, 0) is 48.5 Å². The SMILES string of the molecule is CC(C)C(=O)Nc1ccc(NS(=O)(=O)c2ccc(C(F)(F)F)cc2)cc1. The van der Waals surface area contributed by atoms with Gasteiger partial charge in [0.1, 0.15) is 0 Å². The fraction of sp³-hybridized carbons (Fsp3) is 0.235. The second-order valence-electron chi connectivity index (χ2n) is 5.85. The van der Waals surface area contributed by atoms with Gasteiger partial charge in [-0.3, -0.25) is 9.52 Å². The lowest BCUT2D eigenvalue weighted by atomic mass is 10.2. The molecule has 5 nitrogen and oxygen atoms in total. The Morgan fingerprint density at radius 1 is 0.923 bits per heavy atom. The number of sulfonamides is 1. The Kier molecular flexibility index (Phi) is 5.60. The number of carbonyl (C=O) groups is 1. The van der Waals surface area contributed by atoms with Crippen LogP contribution in [0, 0.1) is 5.92 Å². The van der Waals surface area contributed by atoms with E-state index in [0.717, 1.165) is 12.1 Å². The number of anilines is 2. The number of rotatable bonds is 5. The summed E-state index contributed by atoms with van der Waals surface area (Å²) in [6.07, 6.45) is -4.54. The Bertz CT molecular complexity index is 875. The molecule has 0 saturated heterocycles. The lowest BCUT2D eigenvalue weighted by molar-refractivity contribution is -0.137. The van der Waals surface area contributed by atoms with E-state index >= 15 is 0 Å². The van der Waals surface area contributed by atoms with Crippen LogP contribution in [0.3, 0.4) is 0 Å². The van der Waals surface area contributed by atoms with E-state index in [2.05, 4.69) is 10.0 Å². The fourth-order valence-corrected chi connectivity index (χ4v) is 3.00. The van der Waals surface area contributed by atoms with Crippen LogP contribution in [0.5, 0.6) is 0 Å². The highest BCUT2D eigenvalue weighted by Crippen LogP contribution is 2.30. The Hall–Kier alpha value is -2.55. The summed E-state index contributed by atoms with van der Waals surface area (Å²) in [4.78, 5) is 11.3. The number of alkyl halides is 3. The summed E-state index contributed by atoms with van der Waals surface area (Å²) in [5, 5.41) is 2.66. The van der Waals surface area contributed by atoms with Gasteiger partial charge in [-0.1, -0.05) is 13.8 Å². The van der Waals surface area contributed by atoms with Gasteiger partial charge in [0.05, 0.1) is 10.5 Å². The normalized spacial score (nSPS) is 12.1. The summed E-state index contributed by atoms with van der Waals surface area (Å²) in [5.41, 5.74) is -0.213. The molecule has 0 aliphatic carbocycles. The number of carbonyl (C=O) groups excluding carboxylic acids is 1. The molecule has 0 fully saturated rings. The van der Waals surface area contributed by atoms with Crippen molar-refractivity contribution in [2.24, 2.45) is 5.92 Å². The number of hydrogen-bond donors (Lipinski definition) is 2. The maximum absolute atomic E-state index is 12.5. The Morgan fingerprint density at radius 2 is 1.42 bits per heavy atom. The van der Waals surface area contributed by atoms with Crippen molar-refractivity contribution in [1.82, 2.24) is 0 Å². The topological polar surface area (TPSA) is 75.3 Å². The minimum absolute atomic E-state index is 0.178. The van der Waals surface area contributed by atoms with Gasteiger partial charge < -0.3 is 5.32 Å². The van der Waals surface area contributed by atoms with Crippen molar-refractivity contribution >= 4 is 27.3 Å². The molecule has 0 bridgehead atoms. The number of hydrogen-bond acceptors (Lipinski definition) is 3. The van der Waals surface area contributed by atoms with Gasteiger partial charge in [0.2, 0.25) is 5.91 Å². The molecule has 0 atom stereocenters. The summed E-state index contributed by atoms with van der Waals surface area (Å²) in [5.74, 6) is -0.379. The van der Waals surface area contributed by atoms with Gasteiger partial charge in [-0.25, -0.2) is 8.42 Å². The molecule has 9 heteroatoms. The number of amides is 1. The van der Waals surface area contributed by atoms with Gasteiger partial charge in [0, 0.05) is 17.3 Å². The van der Waals surface area contributed by atoms with Crippen LogP contribution in [0.4, 0.5) is 24.5 Å². The number of nitrogens with one attached hydrogen (secondary N) is 2. The van der Waals surface area contributed by atoms with Crippen LogP contribution in [-0.4, -0.2) is 14.3 Å². The van der Waals surface area contributed by atoms with Gasteiger partial charge in [0.15, 0.2) is 0 Å². The second kappa shape index (κ2) is 7.36. The molecule has 0 unspecified atom stereocenters. The summed E-state index contributed by atoms with van der Waals surface area (Å²) in [7, 11) is -4.03. The molecule has 2 aromatic rings. The average Bonchev–Trinajstić information content (AvgIpc) is 2.55. The second-order valence-corrected chi connectivity index (χ2v) is 7.53.